The number of allylic oxidation sites excluding steroid dienone is 1. The second-order valence-corrected chi connectivity index (χ2v) is 3.85. The Morgan fingerprint density at radius 1 is 1.47 bits per heavy atom. The van der Waals surface area contributed by atoms with Crippen LogP contribution in [0.4, 0.5) is 5.69 Å². The van der Waals surface area contributed by atoms with Gasteiger partial charge in [-0.3, -0.25) is 0 Å². The lowest BCUT2D eigenvalue weighted by Crippen LogP contribution is -2.04. The summed E-state index contributed by atoms with van der Waals surface area (Å²) in [6.07, 6.45) is 0.668. The highest BCUT2D eigenvalue weighted by molar-refractivity contribution is 5.91. The highest BCUT2D eigenvalue weighted by Crippen LogP contribution is 2.22. The summed E-state index contributed by atoms with van der Waals surface area (Å²) in [5.74, 6) is 0.555. The number of anilines is 1. The molecule has 90 valence electrons. The number of esters is 1. The molecule has 1 fully saturated rings. The van der Waals surface area contributed by atoms with E-state index in [0.717, 1.165) is 17.1 Å². The van der Waals surface area contributed by atoms with Crippen molar-refractivity contribution in [1.82, 2.24) is 0 Å². The molecule has 0 aliphatic carbocycles. The van der Waals surface area contributed by atoms with E-state index < -0.39 is 0 Å². The average molecular weight is 233 g/mol. The Labute approximate surface area is 100 Å². The molecule has 4 nitrogen and oxygen atoms in total. The molecular formula is C13H15NO3. The third kappa shape index (κ3) is 2.58. The molecule has 17 heavy (non-hydrogen) atoms. The summed E-state index contributed by atoms with van der Waals surface area (Å²) >= 11 is 0. The van der Waals surface area contributed by atoms with Crippen molar-refractivity contribution in [1.29, 1.82) is 0 Å². The minimum absolute atomic E-state index is 0.224. The molecule has 1 aliphatic rings. The van der Waals surface area contributed by atoms with Crippen LogP contribution in [-0.4, -0.2) is 19.7 Å². The summed E-state index contributed by atoms with van der Waals surface area (Å²) < 4.78 is 10.0. The third-order valence-electron chi connectivity index (χ3n) is 2.69. The molecule has 1 saturated heterocycles. The Hall–Kier alpha value is -1.97. The van der Waals surface area contributed by atoms with Crippen LogP contribution >= 0.6 is 0 Å². The van der Waals surface area contributed by atoms with Crippen LogP contribution < -0.4 is 10.1 Å². The number of ether oxygens (including phenoxy) is 2. The van der Waals surface area contributed by atoms with Crippen LogP contribution in [0.15, 0.2) is 35.5 Å². The van der Waals surface area contributed by atoms with Crippen LogP contribution in [0.5, 0.6) is 5.75 Å². The van der Waals surface area contributed by atoms with Crippen LogP contribution in [0, 0.1) is 0 Å². The molecule has 0 radical (unpaired) electrons. The predicted octanol–water partition coefficient (Wildman–Crippen LogP) is 2.33. The topological polar surface area (TPSA) is 47.6 Å². The summed E-state index contributed by atoms with van der Waals surface area (Å²) in [6, 6.07) is 7.57. The number of hydrogen-bond donors (Lipinski definition) is 1. The summed E-state index contributed by atoms with van der Waals surface area (Å²) in [4.78, 5) is 11.4. The molecular weight excluding hydrogens is 218 g/mol. The molecule has 1 N–H and O–H groups in total. The van der Waals surface area contributed by atoms with Gasteiger partial charge in [0.15, 0.2) is 0 Å². The minimum atomic E-state index is -0.224. The standard InChI is InChI=1S/C13H15NO3/c1-9(12-6-7-17-13(12)15)14-10-4-3-5-11(8-10)16-2/h3-5,8,14H,6-7H2,1-2H3. The Morgan fingerprint density at radius 3 is 2.94 bits per heavy atom. The lowest BCUT2D eigenvalue weighted by molar-refractivity contribution is -0.135. The van der Waals surface area contributed by atoms with Crippen molar-refractivity contribution in [3.8, 4) is 5.75 Å². The molecule has 0 spiro atoms. The van der Waals surface area contributed by atoms with E-state index in [1.807, 2.05) is 31.2 Å². The van der Waals surface area contributed by atoms with E-state index in [2.05, 4.69) is 5.32 Å². The fourth-order valence-electron chi connectivity index (χ4n) is 1.77. The quantitative estimate of drug-likeness (QED) is 0.643. The molecule has 1 aromatic carbocycles. The number of cyclic esters (lactones) is 1. The van der Waals surface area contributed by atoms with Gasteiger partial charge in [-0.1, -0.05) is 6.07 Å². The van der Waals surface area contributed by atoms with Crippen LogP contribution in [0.3, 0.4) is 0 Å². The zero-order valence-corrected chi connectivity index (χ0v) is 9.95. The van der Waals surface area contributed by atoms with Gasteiger partial charge in [0, 0.05) is 23.9 Å². The lowest BCUT2D eigenvalue weighted by Gasteiger charge is -2.09. The fourth-order valence-corrected chi connectivity index (χ4v) is 1.77. The van der Waals surface area contributed by atoms with Crippen LogP contribution in [0.1, 0.15) is 13.3 Å². The van der Waals surface area contributed by atoms with Gasteiger partial charge in [-0.25, -0.2) is 4.79 Å². The first-order valence-electron chi connectivity index (χ1n) is 5.48. The monoisotopic (exact) mass is 233 g/mol. The summed E-state index contributed by atoms with van der Waals surface area (Å²) in [5, 5.41) is 3.19. The van der Waals surface area contributed by atoms with Gasteiger partial charge in [-0.2, -0.15) is 0 Å². The fraction of sp³-hybridized carbons (Fsp3) is 0.308. The van der Waals surface area contributed by atoms with Crippen molar-refractivity contribution in [2.24, 2.45) is 0 Å². The third-order valence-corrected chi connectivity index (χ3v) is 2.69. The maximum absolute atomic E-state index is 11.4. The molecule has 0 atom stereocenters. The smallest absolute Gasteiger partial charge is 0.335 e. The van der Waals surface area contributed by atoms with Crippen molar-refractivity contribution in [2.45, 2.75) is 13.3 Å². The largest absolute Gasteiger partial charge is 0.497 e. The maximum Gasteiger partial charge on any atom is 0.335 e. The summed E-state index contributed by atoms with van der Waals surface area (Å²) in [7, 11) is 1.62. The van der Waals surface area contributed by atoms with Crippen molar-refractivity contribution in [3.05, 3.63) is 35.5 Å². The Balaban J connectivity index is 2.17. The number of benzene rings is 1. The molecule has 1 aliphatic heterocycles. The Kier molecular flexibility index (Phi) is 3.32. The molecule has 4 heteroatoms. The summed E-state index contributed by atoms with van der Waals surface area (Å²) in [6.45, 7) is 2.35. The molecule has 1 heterocycles. The highest BCUT2D eigenvalue weighted by Gasteiger charge is 2.21. The van der Waals surface area contributed by atoms with Crippen molar-refractivity contribution >= 4 is 11.7 Å². The van der Waals surface area contributed by atoms with Gasteiger partial charge in [0.2, 0.25) is 0 Å². The van der Waals surface area contributed by atoms with Crippen molar-refractivity contribution in [2.75, 3.05) is 19.0 Å². The first kappa shape index (κ1) is 11.5. The van der Waals surface area contributed by atoms with Crippen molar-refractivity contribution < 1.29 is 14.3 Å². The Morgan fingerprint density at radius 2 is 2.29 bits per heavy atom. The zero-order chi connectivity index (χ0) is 12.3. The van der Waals surface area contributed by atoms with Gasteiger partial charge >= 0.3 is 5.97 Å². The van der Waals surface area contributed by atoms with E-state index in [1.165, 1.54) is 0 Å². The van der Waals surface area contributed by atoms with Gasteiger partial charge in [0.1, 0.15) is 5.75 Å². The second kappa shape index (κ2) is 4.91. The minimum Gasteiger partial charge on any atom is -0.497 e. The average Bonchev–Trinajstić information content (AvgIpc) is 2.76. The van der Waals surface area contributed by atoms with Crippen molar-refractivity contribution in [3.63, 3.8) is 0 Å². The highest BCUT2D eigenvalue weighted by atomic mass is 16.5. The molecule has 1 aromatic rings. The molecule has 0 amide bonds. The van der Waals surface area contributed by atoms with Gasteiger partial charge in [-0.15, -0.1) is 0 Å². The number of nitrogens with one attached hydrogen (secondary N) is 1. The SMILES string of the molecule is COc1cccc(NC(C)=C2CCOC2=O)c1. The van der Waals surface area contributed by atoms with Gasteiger partial charge in [0.05, 0.1) is 19.3 Å². The zero-order valence-electron chi connectivity index (χ0n) is 9.95. The first-order valence-corrected chi connectivity index (χ1v) is 5.48. The first-order chi connectivity index (χ1) is 8.20. The van der Waals surface area contributed by atoms with Crippen LogP contribution in [-0.2, 0) is 9.53 Å². The second-order valence-electron chi connectivity index (χ2n) is 3.85. The van der Waals surface area contributed by atoms with Gasteiger partial charge in [-0.05, 0) is 19.1 Å². The number of hydrogen-bond acceptors (Lipinski definition) is 4. The maximum atomic E-state index is 11.4. The molecule has 0 bridgehead atoms. The van der Waals surface area contributed by atoms with E-state index in [1.54, 1.807) is 7.11 Å². The van der Waals surface area contributed by atoms with Gasteiger partial charge < -0.3 is 14.8 Å². The predicted molar refractivity (Wildman–Crippen MR) is 64.9 cm³/mol. The van der Waals surface area contributed by atoms with E-state index in [-0.39, 0.29) is 5.97 Å². The lowest BCUT2D eigenvalue weighted by atomic mass is 10.2. The molecule has 0 unspecified atom stereocenters. The molecule has 0 saturated carbocycles. The number of methoxy groups -OCH3 is 1. The van der Waals surface area contributed by atoms with Crippen LogP contribution in [0.25, 0.3) is 0 Å². The summed E-state index contributed by atoms with van der Waals surface area (Å²) in [5.41, 5.74) is 2.45. The van der Waals surface area contributed by atoms with Crippen LogP contribution in [0.2, 0.25) is 0 Å². The Bertz CT molecular complexity index is 465. The van der Waals surface area contributed by atoms with E-state index in [0.29, 0.717) is 18.6 Å². The number of carbonyl (C=O) groups is 1. The van der Waals surface area contributed by atoms with E-state index in [9.17, 15) is 4.79 Å². The molecule has 2 rings (SSSR count). The number of carbonyl (C=O) groups excluding carboxylic acids is 1. The van der Waals surface area contributed by atoms with E-state index in [4.69, 9.17) is 9.47 Å². The molecule has 0 aromatic heterocycles. The normalized spacial score (nSPS) is 17.6. The number of rotatable bonds is 3. The van der Waals surface area contributed by atoms with E-state index >= 15 is 0 Å². The van der Waals surface area contributed by atoms with Gasteiger partial charge in [0.25, 0.3) is 0 Å².